The summed E-state index contributed by atoms with van der Waals surface area (Å²) in [4.78, 5) is 26.6. The number of halogens is 1. The lowest BCUT2D eigenvalue weighted by atomic mass is 9.83. The Morgan fingerprint density at radius 3 is 2.35 bits per heavy atom. The van der Waals surface area contributed by atoms with Crippen LogP contribution in [0.3, 0.4) is 0 Å². The molecule has 1 saturated carbocycles. The Bertz CT molecular complexity index is 973. The monoisotopic (exact) mass is 439 g/mol. The quantitative estimate of drug-likeness (QED) is 0.643. The van der Waals surface area contributed by atoms with Crippen LogP contribution in [0.5, 0.6) is 0 Å². The van der Waals surface area contributed by atoms with Crippen molar-refractivity contribution >= 4 is 23.3 Å². The van der Waals surface area contributed by atoms with Crippen LogP contribution < -0.4 is 0 Å². The van der Waals surface area contributed by atoms with E-state index in [1.165, 1.54) is 0 Å². The average molecular weight is 440 g/mol. The molecule has 0 aromatic heterocycles. The number of hydrogen-bond donors (Lipinski definition) is 1. The normalized spacial score (nSPS) is 26.3. The highest BCUT2D eigenvalue weighted by Gasteiger charge is 2.39. The minimum atomic E-state index is -0.583. The molecular formula is C26H30ClNO3. The van der Waals surface area contributed by atoms with E-state index >= 15 is 0 Å². The molecule has 1 atom stereocenters. The lowest BCUT2D eigenvalue weighted by molar-refractivity contribution is -0.134. The predicted molar refractivity (Wildman–Crippen MR) is 123 cm³/mol. The zero-order valence-electron chi connectivity index (χ0n) is 18.2. The van der Waals surface area contributed by atoms with Gasteiger partial charge in [0.15, 0.2) is 5.78 Å². The largest absolute Gasteiger partial charge is 0.390 e. The van der Waals surface area contributed by atoms with Crippen molar-refractivity contribution in [1.29, 1.82) is 0 Å². The van der Waals surface area contributed by atoms with Gasteiger partial charge >= 0.3 is 0 Å². The van der Waals surface area contributed by atoms with Gasteiger partial charge < -0.3 is 10.0 Å². The van der Waals surface area contributed by atoms with Crippen molar-refractivity contribution in [2.45, 2.75) is 64.0 Å². The van der Waals surface area contributed by atoms with Crippen LogP contribution in [0.4, 0.5) is 0 Å². The fourth-order valence-electron chi connectivity index (χ4n) is 4.91. The highest BCUT2D eigenvalue weighted by Crippen LogP contribution is 2.35. The Morgan fingerprint density at radius 1 is 1.10 bits per heavy atom. The average Bonchev–Trinajstić information content (AvgIpc) is 3.10. The van der Waals surface area contributed by atoms with Crippen LogP contribution in [0, 0.1) is 5.92 Å². The molecule has 0 radical (unpaired) electrons. The summed E-state index contributed by atoms with van der Waals surface area (Å²) in [5.41, 5.74) is 3.11. The number of rotatable bonds is 5. The molecule has 1 saturated heterocycles. The molecule has 4 rings (SSSR count). The summed E-state index contributed by atoms with van der Waals surface area (Å²) in [5.74, 6) is 0.251. The molecule has 1 heterocycles. The maximum Gasteiger partial charge on any atom is 0.226 e. The summed E-state index contributed by atoms with van der Waals surface area (Å²) in [6.07, 6.45) is 4.78. The summed E-state index contributed by atoms with van der Waals surface area (Å²) in [5, 5.41) is 10.9. The number of likely N-dealkylation sites (tertiary alicyclic amines) is 1. The molecule has 0 spiro atoms. The summed E-state index contributed by atoms with van der Waals surface area (Å²) in [6, 6.07) is 13.8. The number of benzene rings is 2. The number of aliphatic hydroxyl groups is 1. The van der Waals surface area contributed by atoms with Gasteiger partial charge in [0.25, 0.3) is 0 Å². The molecule has 5 heteroatoms. The number of carbonyl (C=O) groups excluding carboxylic acids is 2. The van der Waals surface area contributed by atoms with Gasteiger partial charge in [0, 0.05) is 29.1 Å². The number of amides is 1. The van der Waals surface area contributed by atoms with Crippen molar-refractivity contribution in [3.8, 4) is 11.1 Å². The molecule has 4 nitrogen and oxygen atoms in total. The molecule has 2 aromatic rings. The van der Waals surface area contributed by atoms with E-state index in [-0.39, 0.29) is 23.7 Å². The molecular weight excluding hydrogens is 410 g/mol. The fraction of sp³-hybridized carbons (Fsp3) is 0.462. The molecule has 1 unspecified atom stereocenters. The van der Waals surface area contributed by atoms with E-state index in [0.29, 0.717) is 17.0 Å². The zero-order valence-corrected chi connectivity index (χ0v) is 19.0. The second-order valence-corrected chi connectivity index (χ2v) is 9.80. The molecule has 1 N–H and O–H groups in total. The minimum absolute atomic E-state index is 0.0272. The molecule has 0 bridgehead atoms. The van der Waals surface area contributed by atoms with Gasteiger partial charge in [0.05, 0.1) is 5.60 Å². The van der Waals surface area contributed by atoms with Gasteiger partial charge in [-0.2, -0.15) is 0 Å². The third-order valence-electron chi connectivity index (χ3n) is 6.97. The first-order valence-electron chi connectivity index (χ1n) is 11.2. The van der Waals surface area contributed by atoms with Crippen molar-refractivity contribution in [3.05, 3.63) is 58.6 Å². The number of nitrogens with zero attached hydrogens (tertiary/aromatic N) is 1. The lowest BCUT2D eigenvalue weighted by Gasteiger charge is -2.37. The molecule has 164 valence electrons. The Morgan fingerprint density at radius 2 is 1.74 bits per heavy atom. The predicted octanol–water partition coefficient (Wildman–Crippen LogP) is 5.29. The molecule has 2 aliphatic rings. The summed E-state index contributed by atoms with van der Waals surface area (Å²) < 4.78 is 0. The number of hydrogen-bond acceptors (Lipinski definition) is 3. The van der Waals surface area contributed by atoms with E-state index in [1.807, 2.05) is 54.3 Å². The topological polar surface area (TPSA) is 57.6 Å². The first-order chi connectivity index (χ1) is 14.7. The van der Waals surface area contributed by atoms with Crippen LogP contribution in [-0.2, 0) is 11.2 Å². The lowest BCUT2D eigenvalue weighted by Crippen LogP contribution is -2.43. The van der Waals surface area contributed by atoms with Crippen molar-refractivity contribution < 1.29 is 14.7 Å². The third-order valence-corrected chi connectivity index (χ3v) is 7.32. The smallest absolute Gasteiger partial charge is 0.226 e. The van der Waals surface area contributed by atoms with Crippen LogP contribution in [-0.4, -0.2) is 39.9 Å². The Kier molecular flexibility index (Phi) is 6.23. The third kappa shape index (κ3) is 4.86. The van der Waals surface area contributed by atoms with Crippen LogP contribution >= 0.6 is 11.6 Å². The van der Waals surface area contributed by atoms with Crippen LogP contribution in [0.15, 0.2) is 42.5 Å². The Balaban J connectivity index is 1.42. The van der Waals surface area contributed by atoms with E-state index in [4.69, 9.17) is 11.6 Å². The van der Waals surface area contributed by atoms with Gasteiger partial charge in [-0.3, -0.25) is 9.59 Å². The van der Waals surface area contributed by atoms with Crippen LogP contribution in [0.1, 0.15) is 61.9 Å². The van der Waals surface area contributed by atoms with Gasteiger partial charge in [0.2, 0.25) is 5.91 Å². The first-order valence-corrected chi connectivity index (χ1v) is 11.5. The maximum absolute atomic E-state index is 13.0. The Labute approximate surface area is 189 Å². The number of ketones is 1. The number of Topliss-reactive ketones (excluding diaryl/α,β-unsaturated/α-hetero) is 1. The van der Waals surface area contributed by atoms with Crippen LogP contribution in [0.2, 0.25) is 5.02 Å². The van der Waals surface area contributed by atoms with Crippen molar-refractivity contribution in [2.75, 3.05) is 6.54 Å². The summed E-state index contributed by atoms with van der Waals surface area (Å²) in [6.45, 7) is 4.25. The van der Waals surface area contributed by atoms with E-state index in [0.717, 1.165) is 55.3 Å². The highest BCUT2D eigenvalue weighted by atomic mass is 35.5. The maximum atomic E-state index is 13.0. The zero-order chi connectivity index (χ0) is 22.2. The van der Waals surface area contributed by atoms with Gasteiger partial charge in [-0.15, -0.1) is 0 Å². The molecule has 31 heavy (non-hydrogen) atoms. The van der Waals surface area contributed by atoms with Crippen LogP contribution in [0.25, 0.3) is 11.1 Å². The van der Waals surface area contributed by atoms with Gasteiger partial charge in [-0.05, 0) is 75.1 Å². The standard InChI is InChI=1S/C26H30ClNO3/c1-17(29)18-3-5-19(6-4-18)20-7-8-21(24(27)16-20)15-22-11-14-28(25(22)30)23-9-12-26(2,31)13-10-23/h3-8,16,22-23,31H,9-15H2,1-2H3. The first kappa shape index (κ1) is 22.0. The van der Waals surface area contributed by atoms with Crippen molar-refractivity contribution in [1.82, 2.24) is 4.90 Å². The minimum Gasteiger partial charge on any atom is -0.390 e. The fourth-order valence-corrected chi connectivity index (χ4v) is 5.16. The molecule has 1 aliphatic carbocycles. The molecule has 1 aliphatic heterocycles. The van der Waals surface area contributed by atoms with E-state index in [9.17, 15) is 14.7 Å². The van der Waals surface area contributed by atoms with E-state index < -0.39 is 5.60 Å². The van der Waals surface area contributed by atoms with Gasteiger partial charge in [0.1, 0.15) is 0 Å². The van der Waals surface area contributed by atoms with E-state index in [2.05, 4.69) is 0 Å². The highest BCUT2D eigenvalue weighted by molar-refractivity contribution is 6.31. The molecule has 2 fully saturated rings. The second-order valence-electron chi connectivity index (χ2n) is 9.39. The molecule has 2 aromatic carbocycles. The second kappa shape index (κ2) is 8.76. The van der Waals surface area contributed by atoms with Gasteiger partial charge in [-0.1, -0.05) is 48.0 Å². The summed E-state index contributed by atoms with van der Waals surface area (Å²) in [7, 11) is 0. The SMILES string of the molecule is CC(=O)c1ccc(-c2ccc(CC3CCN(C4CCC(C)(O)CC4)C3=O)c(Cl)c2)cc1. The van der Waals surface area contributed by atoms with E-state index in [1.54, 1.807) is 6.92 Å². The van der Waals surface area contributed by atoms with Crippen molar-refractivity contribution in [2.24, 2.45) is 5.92 Å². The van der Waals surface area contributed by atoms with Gasteiger partial charge in [-0.25, -0.2) is 0 Å². The summed E-state index contributed by atoms with van der Waals surface area (Å²) >= 11 is 6.60. The number of carbonyl (C=O) groups is 2. The van der Waals surface area contributed by atoms with Crippen molar-refractivity contribution in [3.63, 3.8) is 0 Å². The Hall–Kier alpha value is -2.17. The molecule has 1 amide bonds.